The Morgan fingerprint density at radius 2 is 2.18 bits per heavy atom. The summed E-state index contributed by atoms with van der Waals surface area (Å²) < 4.78 is 5.55. The molecule has 118 valence electrons. The lowest BCUT2D eigenvalue weighted by Gasteiger charge is -2.43. The van der Waals surface area contributed by atoms with E-state index in [2.05, 4.69) is 6.07 Å². The van der Waals surface area contributed by atoms with Crippen molar-refractivity contribution in [3.05, 3.63) is 28.2 Å². The molecule has 0 aliphatic heterocycles. The van der Waals surface area contributed by atoms with Gasteiger partial charge in [0.25, 0.3) is 0 Å². The molecule has 6 heteroatoms. The third kappa shape index (κ3) is 3.66. The maximum atomic E-state index is 12.1. The second-order valence-corrected chi connectivity index (χ2v) is 6.32. The van der Waals surface area contributed by atoms with Gasteiger partial charge in [-0.05, 0) is 43.9 Å². The zero-order valence-corrected chi connectivity index (χ0v) is 14.0. The van der Waals surface area contributed by atoms with Crippen LogP contribution in [-0.4, -0.2) is 30.0 Å². The molecule has 1 aromatic carbocycles. The number of amides is 1. The molecule has 1 saturated carbocycles. The summed E-state index contributed by atoms with van der Waals surface area (Å²) in [5.41, 5.74) is -0.586. The topological polar surface area (TPSA) is 53.3 Å². The zero-order valence-electron chi connectivity index (χ0n) is 12.4. The van der Waals surface area contributed by atoms with Crippen LogP contribution >= 0.6 is 23.2 Å². The third-order valence-corrected chi connectivity index (χ3v) is 4.62. The van der Waals surface area contributed by atoms with E-state index in [1.165, 1.54) is 0 Å². The molecular formula is C16H18Cl2N2O2. The number of carbonyl (C=O) groups excluding carboxylic acids is 1. The number of nitriles is 1. The van der Waals surface area contributed by atoms with E-state index in [0.717, 1.165) is 19.3 Å². The van der Waals surface area contributed by atoms with Gasteiger partial charge >= 0.3 is 0 Å². The van der Waals surface area contributed by atoms with Gasteiger partial charge in [-0.25, -0.2) is 0 Å². The van der Waals surface area contributed by atoms with Crippen LogP contribution in [-0.2, 0) is 4.79 Å². The van der Waals surface area contributed by atoms with E-state index in [4.69, 9.17) is 27.9 Å². The maximum absolute atomic E-state index is 12.1. The van der Waals surface area contributed by atoms with Crippen molar-refractivity contribution >= 4 is 29.1 Å². The highest BCUT2D eigenvalue weighted by atomic mass is 35.5. The van der Waals surface area contributed by atoms with Crippen molar-refractivity contribution in [2.24, 2.45) is 0 Å². The van der Waals surface area contributed by atoms with E-state index >= 15 is 0 Å². The zero-order chi connectivity index (χ0) is 16.2. The minimum Gasteiger partial charge on any atom is -0.492 e. The fourth-order valence-corrected chi connectivity index (χ4v) is 2.90. The Balaban J connectivity index is 1.77. The molecule has 1 fully saturated rings. The number of hydrogen-bond acceptors (Lipinski definition) is 3. The first kappa shape index (κ1) is 16.9. The van der Waals surface area contributed by atoms with Crippen LogP contribution in [0.4, 0.5) is 0 Å². The molecule has 0 spiro atoms. The van der Waals surface area contributed by atoms with E-state index in [1.54, 1.807) is 30.1 Å². The molecule has 0 unspecified atom stereocenters. The van der Waals surface area contributed by atoms with Crippen LogP contribution in [0, 0.1) is 11.3 Å². The Morgan fingerprint density at radius 1 is 1.45 bits per heavy atom. The number of rotatable bonds is 6. The Bertz CT molecular complexity index is 594. The molecule has 4 nitrogen and oxygen atoms in total. The molecule has 1 amide bonds. The highest BCUT2D eigenvalue weighted by Gasteiger charge is 2.43. The molecule has 2 rings (SSSR count). The lowest BCUT2D eigenvalue weighted by atomic mass is 9.76. The minimum absolute atomic E-state index is 0.0212. The van der Waals surface area contributed by atoms with Gasteiger partial charge in [0.1, 0.15) is 11.3 Å². The van der Waals surface area contributed by atoms with Crippen LogP contribution in [0.2, 0.25) is 10.0 Å². The van der Waals surface area contributed by atoms with E-state index in [9.17, 15) is 10.1 Å². The molecule has 0 bridgehead atoms. The molecule has 0 saturated heterocycles. The number of halogens is 2. The van der Waals surface area contributed by atoms with Gasteiger partial charge in [-0.1, -0.05) is 23.2 Å². The van der Waals surface area contributed by atoms with Crippen molar-refractivity contribution in [3.63, 3.8) is 0 Å². The molecule has 0 aromatic heterocycles. The van der Waals surface area contributed by atoms with Crippen molar-refractivity contribution in [1.29, 1.82) is 5.26 Å². The molecule has 1 aromatic rings. The number of nitrogens with zero attached hydrogens (tertiary/aromatic N) is 2. The SMILES string of the molecule is CN(C(=O)CCCOc1ccc(Cl)cc1Cl)C1(C#N)CCC1. The normalized spacial score (nSPS) is 15.5. The first-order valence-electron chi connectivity index (χ1n) is 7.24. The first-order chi connectivity index (χ1) is 10.5. The molecular weight excluding hydrogens is 323 g/mol. The van der Waals surface area contributed by atoms with Gasteiger partial charge in [0, 0.05) is 18.5 Å². The average Bonchev–Trinajstić information content (AvgIpc) is 2.44. The quantitative estimate of drug-likeness (QED) is 0.733. The Kier molecular flexibility index (Phi) is 5.55. The van der Waals surface area contributed by atoms with Gasteiger partial charge in [-0.3, -0.25) is 4.79 Å². The molecule has 0 atom stereocenters. The molecule has 0 heterocycles. The maximum Gasteiger partial charge on any atom is 0.223 e. The summed E-state index contributed by atoms with van der Waals surface area (Å²) in [5, 5.41) is 10.2. The van der Waals surface area contributed by atoms with E-state index in [0.29, 0.717) is 35.2 Å². The minimum atomic E-state index is -0.586. The summed E-state index contributed by atoms with van der Waals surface area (Å²) in [6.45, 7) is 0.389. The highest BCUT2D eigenvalue weighted by Crippen LogP contribution is 2.36. The van der Waals surface area contributed by atoms with Gasteiger partial charge in [0.2, 0.25) is 5.91 Å². The summed E-state index contributed by atoms with van der Waals surface area (Å²) in [5.74, 6) is 0.534. The monoisotopic (exact) mass is 340 g/mol. The van der Waals surface area contributed by atoms with Crippen molar-refractivity contribution < 1.29 is 9.53 Å². The second-order valence-electron chi connectivity index (χ2n) is 5.48. The average molecular weight is 341 g/mol. The predicted molar refractivity (Wildman–Crippen MR) is 86.2 cm³/mol. The Morgan fingerprint density at radius 3 is 2.73 bits per heavy atom. The lowest BCUT2D eigenvalue weighted by molar-refractivity contribution is -0.136. The van der Waals surface area contributed by atoms with Gasteiger partial charge in [0.05, 0.1) is 17.7 Å². The van der Waals surface area contributed by atoms with Crippen molar-refractivity contribution in [2.45, 2.75) is 37.6 Å². The number of hydrogen-bond donors (Lipinski definition) is 0. The summed E-state index contributed by atoms with van der Waals surface area (Å²) in [7, 11) is 1.71. The van der Waals surface area contributed by atoms with Gasteiger partial charge in [0.15, 0.2) is 0 Å². The van der Waals surface area contributed by atoms with Crippen LogP contribution in [0.3, 0.4) is 0 Å². The van der Waals surface area contributed by atoms with E-state index in [-0.39, 0.29) is 5.91 Å². The molecule has 0 radical (unpaired) electrons. The number of benzene rings is 1. The first-order valence-corrected chi connectivity index (χ1v) is 8.00. The van der Waals surface area contributed by atoms with Crippen molar-refractivity contribution in [1.82, 2.24) is 4.90 Å². The highest BCUT2D eigenvalue weighted by molar-refractivity contribution is 6.35. The van der Waals surface area contributed by atoms with Gasteiger partial charge in [-0.15, -0.1) is 0 Å². The number of carbonyl (C=O) groups is 1. The van der Waals surface area contributed by atoms with E-state index in [1.807, 2.05) is 0 Å². The molecule has 1 aliphatic carbocycles. The fourth-order valence-electron chi connectivity index (χ4n) is 2.44. The van der Waals surface area contributed by atoms with Crippen LogP contribution in [0.1, 0.15) is 32.1 Å². The fraction of sp³-hybridized carbons (Fsp3) is 0.500. The lowest BCUT2D eigenvalue weighted by Crippen LogP contribution is -2.53. The third-order valence-electron chi connectivity index (χ3n) is 4.09. The van der Waals surface area contributed by atoms with Crippen LogP contribution in [0.5, 0.6) is 5.75 Å². The summed E-state index contributed by atoms with van der Waals surface area (Å²) in [6, 6.07) is 7.29. The Labute approximate surface area is 140 Å². The van der Waals surface area contributed by atoms with Crippen LogP contribution < -0.4 is 4.74 Å². The largest absolute Gasteiger partial charge is 0.492 e. The van der Waals surface area contributed by atoms with Gasteiger partial charge < -0.3 is 9.64 Å². The smallest absolute Gasteiger partial charge is 0.223 e. The molecule has 0 N–H and O–H groups in total. The van der Waals surface area contributed by atoms with Gasteiger partial charge in [-0.2, -0.15) is 5.26 Å². The number of ether oxygens (including phenoxy) is 1. The summed E-state index contributed by atoms with van der Waals surface area (Å²) >= 11 is 11.8. The van der Waals surface area contributed by atoms with Crippen molar-refractivity contribution in [3.8, 4) is 11.8 Å². The van der Waals surface area contributed by atoms with Crippen LogP contribution in [0.15, 0.2) is 18.2 Å². The Hall–Kier alpha value is -1.44. The van der Waals surface area contributed by atoms with Crippen LogP contribution in [0.25, 0.3) is 0 Å². The summed E-state index contributed by atoms with van der Waals surface area (Å²) in [6.07, 6.45) is 3.46. The summed E-state index contributed by atoms with van der Waals surface area (Å²) in [4.78, 5) is 13.7. The van der Waals surface area contributed by atoms with E-state index < -0.39 is 5.54 Å². The molecule has 1 aliphatic rings. The second kappa shape index (κ2) is 7.21. The standard InChI is InChI=1S/C16H18Cl2N2O2/c1-20(16(11-19)7-3-8-16)15(21)4-2-9-22-14-6-5-12(17)10-13(14)18/h5-6,10H,2-4,7-9H2,1H3. The van der Waals surface area contributed by atoms with Crippen molar-refractivity contribution in [2.75, 3.05) is 13.7 Å². The molecule has 22 heavy (non-hydrogen) atoms. The predicted octanol–water partition coefficient (Wildman–Crippen LogP) is 4.06.